The van der Waals surface area contributed by atoms with Crippen LogP contribution in [-0.4, -0.2) is 42.5 Å². The molecule has 2 saturated heterocycles. The Morgan fingerprint density at radius 1 is 1.27 bits per heavy atom. The number of piperidine rings is 2. The van der Waals surface area contributed by atoms with Gasteiger partial charge in [0.2, 0.25) is 0 Å². The summed E-state index contributed by atoms with van der Waals surface area (Å²) in [4.78, 5) is 5.14. The Labute approximate surface area is 134 Å². The van der Waals surface area contributed by atoms with Gasteiger partial charge in [0.15, 0.2) is 0 Å². The molecule has 0 radical (unpaired) electrons. The van der Waals surface area contributed by atoms with E-state index in [1.807, 2.05) is 0 Å². The topological polar surface area (TPSA) is 6.48 Å². The van der Waals surface area contributed by atoms with Crippen LogP contribution >= 0.6 is 0 Å². The van der Waals surface area contributed by atoms with Crippen molar-refractivity contribution in [3.8, 4) is 0 Å². The van der Waals surface area contributed by atoms with Gasteiger partial charge in [-0.2, -0.15) is 0 Å². The lowest BCUT2D eigenvalue weighted by Crippen LogP contribution is -2.64. The fourth-order valence-corrected chi connectivity index (χ4v) is 5.34. The summed E-state index contributed by atoms with van der Waals surface area (Å²) in [5.41, 5.74) is 6.38. The van der Waals surface area contributed by atoms with Gasteiger partial charge in [0.05, 0.1) is 0 Å². The standard InChI is InChI=1S/C20H28N2/c1-14(2)22-10-8-20-7-9-21(4)19(18(20)13-22)12-16-6-5-15(3)11-17(16)20/h5-6,11,18-19H,1,7-10,12-13H2,2-4H3/t18-,19+,20+/m0/s1. The smallest absolute Gasteiger partial charge is 0.0226 e. The monoisotopic (exact) mass is 296 g/mol. The van der Waals surface area contributed by atoms with Crippen LogP contribution < -0.4 is 0 Å². The number of allylic oxidation sites excluding steroid dienone is 1. The summed E-state index contributed by atoms with van der Waals surface area (Å²) in [5.74, 6) is 0.756. The normalized spacial score (nSPS) is 34.0. The van der Waals surface area contributed by atoms with Crippen LogP contribution in [0.25, 0.3) is 0 Å². The van der Waals surface area contributed by atoms with Gasteiger partial charge in [-0.05, 0) is 57.8 Å². The number of fused-ring (bicyclic) bond motifs is 1. The molecule has 0 spiro atoms. The lowest BCUT2D eigenvalue weighted by Gasteiger charge is -2.60. The zero-order chi connectivity index (χ0) is 15.5. The molecule has 2 fully saturated rings. The van der Waals surface area contributed by atoms with Gasteiger partial charge in [0, 0.05) is 36.2 Å². The summed E-state index contributed by atoms with van der Waals surface area (Å²) < 4.78 is 0. The Bertz CT molecular complexity index is 620. The highest BCUT2D eigenvalue weighted by Gasteiger charge is 2.54. The first kappa shape index (κ1) is 14.3. The number of hydrogen-bond acceptors (Lipinski definition) is 2. The Hall–Kier alpha value is -1.28. The van der Waals surface area contributed by atoms with E-state index in [4.69, 9.17) is 0 Å². The maximum atomic E-state index is 4.20. The molecule has 2 bridgehead atoms. The second kappa shape index (κ2) is 4.86. The molecule has 4 rings (SSSR count). The lowest BCUT2D eigenvalue weighted by atomic mass is 9.54. The van der Waals surface area contributed by atoms with Crippen molar-refractivity contribution in [2.45, 2.75) is 44.6 Å². The maximum absolute atomic E-state index is 4.20. The number of likely N-dealkylation sites (tertiary alicyclic amines) is 2. The van der Waals surface area contributed by atoms with E-state index in [-0.39, 0.29) is 0 Å². The van der Waals surface area contributed by atoms with E-state index < -0.39 is 0 Å². The van der Waals surface area contributed by atoms with Crippen LogP contribution in [-0.2, 0) is 11.8 Å². The summed E-state index contributed by atoms with van der Waals surface area (Å²) in [6.07, 6.45) is 3.85. The molecule has 1 aliphatic carbocycles. The number of benzene rings is 1. The van der Waals surface area contributed by atoms with Crippen LogP contribution in [0.2, 0.25) is 0 Å². The SMILES string of the molecule is C=C(C)N1CC[C@]23CCN(C)[C@H](Cc4ccc(C)cc42)[C@@H]3C1. The van der Waals surface area contributed by atoms with Crippen LogP contribution in [0.4, 0.5) is 0 Å². The van der Waals surface area contributed by atoms with E-state index in [1.54, 1.807) is 11.1 Å². The molecule has 2 aliphatic heterocycles. The van der Waals surface area contributed by atoms with Crippen molar-refractivity contribution in [2.24, 2.45) is 5.92 Å². The third kappa shape index (κ3) is 1.89. The van der Waals surface area contributed by atoms with E-state index in [9.17, 15) is 0 Å². The Morgan fingerprint density at radius 2 is 2.05 bits per heavy atom. The highest BCUT2D eigenvalue weighted by atomic mass is 15.2. The third-order valence-electron chi connectivity index (χ3n) is 6.67. The summed E-state index contributed by atoms with van der Waals surface area (Å²) in [7, 11) is 2.33. The molecule has 1 aromatic carbocycles. The molecule has 22 heavy (non-hydrogen) atoms. The van der Waals surface area contributed by atoms with Gasteiger partial charge in [0.1, 0.15) is 0 Å². The average molecular weight is 296 g/mol. The molecule has 0 amide bonds. The Balaban J connectivity index is 1.82. The minimum absolute atomic E-state index is 0.419. The molecular formula is C20H28N2. The van der Waals surface area contributed by atoms with Gasteiger partial charge in [-0.25, -0.2) is 0 Å². The molecule has 3 aliphatic rings. The molecule has 0 unspecified atom stereocenters. The molecule has 0 saturated carbocycles. The molecule has 2 heterocycles. The molecule has 2 nitrogen and oxygen atoms in total. The van der Waals surface area contributed by atoms with Crippen LogP contribution in [0, 0.1) is 12.8 Å². The van der Waals surface area contributed by atoms with Gasteiger partial charge in [-0.3, -0.25) is 0 Å². The molecule has 0 aromatic heterocycles. The fourth-order valence-electron chi connectivity index (χ4n) is 5.34. The minimum Gasteiger partial charge on any atom is -0.375 e. The van der Waals surface area contributed by atoms with Gasteiger partial charge >= 0.3 is 0 Å². The zero-order valence-corrected chi connectivity index (χ0v) is 14.2. The lowest BCUT2D eigenvalue weighted by molar-refractivity contribution is -0.0185. The molecule has 118 valence electrons. The number of nitrogens with zero attached hydrogens (tertiary/aromatic N) is 2. The first-order chi connectivity index (χ1) is 10.5. The zero-order valence-electron chi connectivity index (χ0n) is 14.2. The minimum atomic E-state index is 0.419. The summed E-state index contributed by atoms with van der Waals surface area (Å²) in [6.45, 7) is 12.2. The van der Waals surface area contributed by atoms with Gasteiger partial charge in [0.25, 0.3) is 0 Å². The van der Waals surface area contributed by atoms with Crippen molar-refractivity contribution in [3.63, 3.8) is 0 Å². The number of likely N-dealkylation sites (N-methyl/N-ethyl adjacent to an activating group) is 1. The van der Waals surface area contributed by atoms with E-state index in [1.165, 1.54) is 50.2 Å². The van der Waals surface area contributed by atoms with Crippen LogP contribution in [0.3, 0.4) is 0 Å². The van der Waals surface area contributed by atoms with E-state index >= 15 is 0 Å². The largest absolute Gasteiger partial charge is 0.375 e. The number of rotatable bonds is 1. The molecular weight excluding hydrogens is 268 g/mol. The molecule has 2 heteroatoms. The summed E-state index contributed by atoms with van der Waals surface area (Å²) >= 11 is 0. The van der Waals surface area contributed by atoms with E-state index in [0.29, 0.717) is 11.5 Å². The summed E-state index contributed by atoms with van der Waals surface area (Å²) in [6, 6.07) is 7.90. The van der Waals surface area contributed by atoms with Gasteiger partial charge in [-0.15, -0.1) is 0 Å². The molecule has 1 aromatic rings. The Kier molecular flexibility index (Phi) is 3.16. The van der Waals surface area contributed by atoms with Crippen molar-refractivity contribution in [1.82, 2.24) is 9.80 Å². The van der Waals surface area contributed by atoms with E-state index in [0.717, 1.165) is 5.92 Å². The fraction of sp³-hybridized carbons (Fsp3) is 0.600. The van der Waals surface area contributed by atoms with Gasteiger partial charge < -0.3 is 9.80 Å². The summed E-state index contributed by atoms with van der Waals surface area (Å²) in [5, 5.41) is 0. The van der Waals surface area contributed by atoms with Gasteiger partial charge in [-0.1, -0.05) is 30.3 Å². The van der Waals surface area contributed by atoms with Crippen molar-refractivity contribution in [2.75, 3.05) is 26.7 Å². The van der Waals surface area contributed by atoms with E-state index in [2.05, 4.69) is 55.5 Å². The molecule has 3 atom stereocenters. The molecule has 0 N–H and O–H groups in total. The quantitative estimate of drug-likeness (QED) is 0.784. The first-order valence-electron chi connectivity index (χ1n) is 8.72. The third-order valence-corrected chi connectivity index (χ3v) is 6.67. The average Bonchev–Trinajstić information content (AvgIpc) is 2.51. The first-order valence-corrected chi connectivity index (χ1v) is 8.72. The van der Waals surface area contributed by atoms with Crippen molar-refractivity contribution < 1.29 is 0 Å². The second-order valence-corrected chi connectivity index (χ2v) is 7.86. The second-order valence-electron chi connectivity index (χ2n) is 7.86. The predicted molar refractivity (Wildman–Crippen MR) is 92.1 cm³/mol. The Morgan fingerprint density at radius 3 is 2.82 bits per heavy atom. The maximum Gasteiger partial charge on any atom is 0.0226 e. The number of hydrogen-bond donors (Lipinski definition) is 0. The van der Waals surface area contributed by atoms with Crippen LogP contribution in [0.15, 0.2) is 30.5 Å². The van der Waals surface area contributed by atoms with Crippen LogP contribution in [0.1, 0.15) is 36.5 Å². The highest BCUT2D eigenvalue weighted by Crippen LogP contribution is 2.53. The van der Waals surface area contributed by atoms with Crippen molar-refractivity contribution >= 4 is 0 Å². The highest BCUT2D eigenvalue weighted by molar-refractivity contribution is 5.43. The number of aryl methyl sites for hydroxylation is 1. The van der Waals surface area contributed by atoms with Crippen molar-refractivity contribution in [1.29, 1.82) is 0 Å². The van der Waals surface area contributed by atoms with Crippen molar-refractivity contribution in [3.05, 3.63) is 47.2 Å². The predicted octanol–water partition coefficient (Wildman–Crippen LogP) is 3.35. The van der Waals surface area contributed by atoms with Crippen LogP contribution in [0.5, 0.6) is 0 Å².